The van der Waals surface area contributed by atoms with Crippen molar-refractivity contribution in [2.45, 2.75) is 13.5 Å². The number of ether oxygens (including phenoxy) is 1. The molecule has 4 heterocycles. The van der Waals surface area contributed by atoms with E-state index in [0.717, 1.165) is 37.5 Å². The number of amides is 1. The number of aromatic nitrogens is 2. The summed E-state index contributed by atoms with van der Waals surface area (Å²) in [5.41, 5.74) is 3.55. The van der Waals surface area contributed by atoms with Gasteiger partial charge in [-0.2, -0.15) is 0 Å². The molecule has 6 nitrogen and oxygen atoms in total. The van der Waals surface area contributed by atoms with Gasteiger partial charge in [0.05, 0.1) is 11.3 Å². The normalized spacial score (nSPS) is 21.2. The fraction of sp³-hybridized carbons (Fsp3) is 0.364. The molecule has 0 saturated carbocycles. The van der Waals surface area contributed by atoms with Gasteiger partial charge < -0.3 is 19.4 Å². The molecule has 3 aromatic rings. The molecule has 2 aromatic heterocycles. The number of likely N-dealkylation sites (tertiary alicyclic amines) is 1. The number of nitrogens with one attached hydrogen (secondary N) is 1. The van der Waals surface area contributed by atoms with Crippen LogP contribution in [0.25, 0.3) is 5.65 Å². The quantitative estimate of drug-likeness (QED) is 0.760. The maximum Gasteiger partial charge on any atom is 0.257 e. The summed E-state index contributed by atoms with van der Waals surface area (Å²) in [6.07, 6.45) is 4.02. The van der Waals surface area contributed by atoms with Gasteiger partial charge in [0.15, 0.2) is 0 Å². The monoisotopic (exact) mass is 376 g/mol. The number of imidazole rings is 1. The number of aryl methyl sites for hydroxylation is 1. The molecule has 1 N–H and O–H groups in total. The third kappa shape index (κ3) is 3.14. The smallest absolute Gasteiger partial charge is 0.257 e. The van der Waals surface area contributed by atoms with Crippen molar-refractivity contribution in [2.75, 3.05) is 26.2 Å². The van der Waals surface area contributed by atoms with Gasteiger partial charge in [-0.25, -0.2) is 4.98 Å². The first-order chi connectivity index (χ1) is 13.7. The van der Waals surface area contributed by atoms with Crippen LogP contribution in [-0.4, -0.2) is 46.4 Å². The van der Waals surface area contributed by atoms with Gasteiger partial charge in [-0.1, -0.05) is 18.2 Å². The number of para-hydroxylation sites is 1. The topological polar surface area (TPSA) is 58.9 Å². The molecule has 0 bridgehead atoms. The van der Waals surface area contributed by atoms with Gasteiger partial charge in [0, 0.05) is 38.6 Å². The Hall–Kier alpha value is -2.86. The van der Waals surface area contributed by atoms with Gasteiger partial charge in [-0.05, 0) is 42.5 Å². The van der Waals surface area contributed by atoms with Gasteiger partial charge in [0.25, 0.3) is 5.91 Å². The molecule has 1 aromatic carbocycles. The van der Waals surface area contributed by atoms with Crippen LogP contribution >= 0.6 is 0 Å². The number of nitrogens with zero attached hydrogens (tertiary/aromatic N) is 3. The van der Waals surface area contributed by atoms with Crippen molar-refractivity contribution in [3.8, 4) is 5.75 Å². The molecule has 2 saturated heterocycles. The van der Waals surface area contributed by atoms with E-state index in [2.05, 4.69) is 17.2 Å². The lowest BCUT2D eigenvalue weighted by Crippen LogP contribution is -2.32. The Balaban J connectivity index is 1.32. The van der Waals surface area contributed by atoms with E-state index < -0.39 is 0 Å². The molecule has 2 fully saturated rings. The van der Waals surface area contributed by atoms with E-state index in [-0.39, 0.29) is 5.91 Å². The molecule has 2 aliphatic heterocycles. The van der Waals surface area contributed by atoms with Crippen LogP contribution in [0.1, 0.15) is 21.6 Å². The van der Waals surface area contributed by atoms with Crippen molar-refractivity contribution >= 4 is 11.6 Å². The Kier molecular flexibility index (Phi) is 4.28. The average molecular weight is 376 g/mol. The van der Waals surface area contributed by atoms with Crippen molar-refractivity contribution < 1.29 is 9.53 Å². The fourth-order valence-corrected chi connectivity index (χ4v) is 4.34. The first-order valence-electron chi connectivity index (χ1n) is 9.83. The van der Waals surface area contributed by atoms with E-state index in [0.29, 0.717) is 29.8 Å². The van der Waals surface area contributed by atoms with Gasteiger partial charge >= 0.3 is 0 Å². The van der Waals surface area contributed by atoms with Gasteiger partial charge in [0.1, 0.15) is 18.0 Å². The molecule has 28 heavy (non-hydrogen) atoms. The molecule has 144 valence electrons. The van der Waals surface area contributed by atoms with Crippen LogP contribution in [0.2, 0.25) is 0 Å². The number of rotatable bonds is 4. The lowest BCUT2D eigenvalue weighted by atomic mass is 10.0. The molecule has 1 amide bonds. The highest BCUT2D eigenvalue weighted by Gasteiger charge is 2.38. The number of hydrogen-bond acceptors (Lipinski definition) is 4. The van der Waals surface area contributed by atoms with E-state index in [9.17, 15) is 4.79 Å². The number of hydrogen-bond donors (Lipinski definition) is 1. The molecule has 5 rings (SSSR count). The summed E-state index contributed by atoms with van der Waals surface area (Å²) in [5.74, 6) is 1.85. The summed E-state index contributed by atoms with van der Waals surface area (Å²) in [6, 6.07) is 11.6. The average Bonchev–Trinajstić information content (AvgIpc) is 3.40. The molecule has 0 spiro atoms. The Bertz CT molecular complexity index is 1020. The van der Waals surface area contributed by atoms with Crippen LogP contribution in [0, 0.1) is 18.8 Å². The molecule has 6 heteroatoms. The van der Waals surface area contributed by atoms with Crippen molar-refractivity contribution in [1.29, 1.82) is 0 Å². The first kappa shape index (κ1) is 17.3. The lowest BCUT2D eigenvalue weighted by molar-refractivity contribution is 0.0776. The minimum Gasteiger partial charge on any atom is -0.486 e. The second-order valence-corrected chi connectivity index (χ2v) is 7.88. The van der Waals surface area contributed by atoms with Crippen LogP contribution in [0.4, 0.5) is 0 Å². The van der Waals surface area contributed by atoms with Gasteiger partial charge in [-0.3, -0.25) is 4.79 Å². The largest absolute Gasteiger partial charge is 0.486 e. The van der Waals surface area contributed by atoms with E-state index >= 15 is 0 Å². The van der Waals surface area contributed by atoms with Crippen LogP contribution in [0.5, 0.6) is 5.75 Å². The predicted molar refractivity (Wildman–Crippen MR) is 106 cm³/mol. The lowest BCUT2D eigenvalue weighted by Gasteiger charge is -2.19. The zero-order chi connectivity index (χ0) is 19.1. The minimum atomic E-state index is 0.0654. The Labute approximate surface area is 164 Å². The molecule has 0 unspecified atom stereocenters. The van der Waals surface area contributed by atoms with Crippen molar-refractivity contribution in [3.63, 3.8) is 0 Å². The molecule has 0 radical (unpaired) electrons. The van der Waals surface area contributed by atoms with E-state index in [1.165, 1.54) is 5.56 Å². The Morgan fingerprint density at radius 2 is 1.93 bits per heavy atom. The Morgan fingerprint density at radius 3 is 2.75 bits per heavy atom. The highest BCUT2D eigenvalue weighted by molar-refractivity contribution is 5.97. The fourth-order valence-electron chi connectivity index (χ4n) is 4.34. The molecular formula is C22H24N4O2. The van der Waals surface area contributed by atoms with Crippen LogP contribution < -0.4 is 10.1 Å². The zero-order valence-corrected chi connectivity index (χ0v) is 16.0. The van der Waals surface area contributed by atoms with E-state index in [4.69, 9.17) is 4.74 Å². The molecule has 2 atom stereocenters. The number of benzene rings is 1. The third-order valence-corrected chi connectivity index (χ3v) is 5.82. The van der Waals surface area contributed by atoms with Crippen LogP contribution in [-0.2, 0) is 6.61 Å². The van der Waals surface area contributed by atoms with E-state index in [1.807, 2.05) is 58.1 Å². The number of pyridine rings is 1. The first-order valence-corrected chi connectivity index (χ1v) is 9.83. The van der Waals surface area contributed by atoms with E-state index in [1.54, 1.807) is 0 Å². The summed E-state index contributed by atoms with van der Waals surface area (Å²) < 4.78 is 8.02. The summed E-state index contributed by atoms with van der Waals surface area (Å²) in [4.78, 5) is 19.7. The second kappa shape index (κ2) is 6.95. The third-order valence-electron chi connectivity index (χ3n) is 5.82. The maximum atomic E-state index is 13.1. The maximum absolute atomic E-state index is 13.1. The number of fused-ring (bicyclic) bond motifs is 2. The summed E-state index contributed by atoms with van der Waals surface area (Å²) in [5, 5.41) is 3.42. The summed E-state index contributed by atoms with van der Waals surface area (Å²) in [7, 11) is 0. The number of carbonyl (C=O) groups excluding carboxylic acids is 1. The van der Waals surface area contributed by atoms with Crippen LogP contribution in [0.15, 0.2) is 48.8 Å². The molecule has 2 aliphatic rings. The second-order valence-electron chi connectivity index (χ2n) is 7.88. The van der Waals surface area contributed by atoms with Crippen molar-refractivity contribution in [1.82, 2.24) is 19.6 Å². The summed E-state index contributed by atoms with van der Waals surface area (Å²) in [6.45, 7) is 6.08. The van der Waals surface area contributed by atoms with Crippen LogP contribution in [0.3, 0.4) is 0 Å². The predicted octanol–water partition coefficient (Wildman–Crippen LogP) is 2.51. The van der Waals surface area contributed by atoms with Crippen molar-refractivity contribution in [3.05, 3.63) is 65.6 Å². The van der Waals surface area contributed by atoms with Gasteiger partial charge in [-0.15, -0.1) is 0 Å². The Morgan fingerprint density at radius 1 is 1.14 bits per heavy atom. The molecular weight excluding hydrogens is 352 g/mol. The standard InChI is InChI=1S/C22H24N4O2/c1-15-6-7-21-24-18(13-25(21)10-15)14-28-20-5-3-2-4-19(20)22(27)26-11-16-8-23-9-17(16)12-26/h2-7,10,13,16-17,23H,8-9,11-12,14H2,1H3/t16-,17+. The highest BCUT2D eigenvalue weighted by atomic mass is 16.5. The van der Waals surface area contributed by atoms with Gasteiger partial charge in [0.2, 0.25) is 0 Å². The minimum absolute atomic E-state index is 0.0654. The SMILES string of the molecule is Cc1ccc2nc(COc3ccccc3C(=O)N3C[C@H]4CNC[C@H]4C3)cn2c1. The van der Waals surface area contributed by atoms with Crippen molar-refractivity contribution in [2.24, 2.45) is 11.8 Å². The summed E-state index contributed by atoms with van der Waals surface area (Å²) >= 11 is 0. The number of carbonyl (C=O) groups is 1. The zero-order valence-electron chi connectivity index (χ0n) is 16.0. The highest BCUT2D eigenvalue weighted by Crippen LogP contribution is 2.29. The molecule has 0 aliphatic carbocycles.